The minimum atomic E-state index is -1.31. The van der Waals surface area contributed by atoms with Crippen LogP contribution in [0, 0.1) is 13.8 Å². The molecule has 1 N–H and O–H groups in total. The van der Waals surface area contributed by atoms with E-state index in [-0.39, 0.29) is 11.6 Å². The van der Waals surface area contributed by atoms with E-state index < -0.39 is 7.26 Å². The van der Waals surface area contributed by atoms with Crippen LogP contribution in [0.3, 0.4) is 0 Å². The van der Waals surface area contributed by atoms with Crippen LogP contribution < -0.4 is 10.1 Å². The van der Waals surface area contributed by atoms with Crippen LogP contribution in [0.15, 0.2) is 12.1 Å². The number of hydrogen-bond donors (Lipinski definition) is 1. The molecule has 1 atom stereocenters. The molecule has 160 valence electrons. The number of rotatable bonds is 13. The van der Waals surface area contributed by atoms with Crippen molar-refractivity contribution in [1.29, 1.82) is 0 Å². The van der Waals surface area contributed by atoms with Crippen molar-refractivity contribution in [2.45, 2.75) is 85.7 Å². The van der Waals surface area contributed by atoms with E-state index in [1.807, 2.05) is 26.0 Å². The van der Waals surface area contributed by atoms with E-state index in [0.717, 1.165) is 22.6 Å². The van der Waals surface area contributed by atoms with Gasteiger partial charge in [0.05, 0.1) is 25.6 Å². The zero-order valence-electron chi connectivity index (χ0n) is 19.4. The highest BCUT2D eigenvalue weighted by Gasteiger charge is 2.45. The van der Waals surface area contributed by atoms with Crippen molar-refractivity contribution < 1.29 is 9.53 Å². The molecule has 0 radical (unpaired) electrons. The van der Waals surface area contributed by atoms with Crippen molar-refractivity contribution in [3.63, 3.8) is 0 Å². The summed E-state index contributed by atoms with van der Waals surface area (Å²) in [6.07, 6.45) is 11.2. The fourth-order valence-corrected chi connectivity index (χ4v) is 9.28. The monoisotopic (exact) mass is 408 g/mol. The largest absolute Gasteiger partial charge is 0.497 e. The Morgan fingerprint density at radius 2 is 1.39 bits per heavy atom. The van der Waals surface area contributed by atoms with Gasteiger partial charge in [-0.25, -0.2) is 0 Å². The fraction of sp³-hybridized carbons (Fsp3) is 0.708. The second kappa shape index (κ2) is 12.5. The molecule has 1 amide bonds. The van der Waals surface area contributed by atoms with Crippen molar-refractivity contribution in [1.82, 2.24) is 0 Å². The molecular weight excluding hydrogens is 365 g/mol. The molecule has 0 saturated carbocycles. The lowest BCUT2D eigenvalue weighted by Gasteiger charge is -2.33. The number of hydrogen-bond acceptors (Lipinski definition) is 2. The zero-order chi connectivity index (χ0) is 21.2. The van der Waals surface area contributed by atoms with Crippen LogP contribution in [0.5, 0.6) is 5.75 Å². The van der Waals surface area contributed by atoms with E-state index >= 15 is 0 Å². The second-order valence-corrected chi connectivity index (χ2v) is 12.8. The molecule has 1 rings (SSSR count). The minimum absolute atomic E-state index is 0.123. The predicted molar refractivity (Wildman–Crippen MR) is 127 cm³/mol. The van der Waals surface area contributed by atoms with Crippen LogP contribution in [0.4, 0.5) is 5.69 Å². The first kappa shape index (κ1) is 25.0. The first-order chi connectivity index (χ1) is 13.3. The Balaban J connectivity index is 3.11. The van der Waals surface area contributed by atoms with E-state index in [0.29, 0.717) is 0 Å². The predicted octanol–water partition coefficient (Wildman–Crippen LogP) is 7.06. The lowest BCUT2D eigenvalue weighted by molar-refractivity contribution is -0.115. The molecule has 0 saturated heterocycles. The summed E-state index contributed by atoms with van der Waals surface area (Å²) in [6.45, 7) is 13.1. The average Bonchev–Trinajstić information content (AvgIpc) is 2.69. The van der Waals surface area contributed by atoms with Gasteiger partial charge in [0.2, 0.25) is 0 Å². The Hall–Kier alpha value is -1.08. The summed E-state index contributed by atoms with van der Waals surface area (Å²) in [5.74, 6) is 1.06. The van der Waals surface area contributed by atoms with Crippen molar-refractivity contribution in [3.05, 3.63) is 23.3 Å². The van der Waals surface area contributed by atoms with Gasteiger partial charge in [0.15, 0.2) is 0 Å². The van der Waals surface area contributed by atoms with Gasteiger partial charge in [-0.2, -0.15) is 0 Å². The molecule has 0 spiro atoms. The molecule has 28 heavy (non-hydrogen) atoms. The Kier molecular flexibility index (Phi) is 11.1. The molecule has 0 aromatic heterocycles. The molecule has 0 heterocycles. The minimum Gasteiger partial charge on any atom is -0.497 e. The highest BCUT2D eigenvalue weighted by molar-refractivity contribution is 7.77. The summed E-state index contributed by atoms with van der Waals surface area (Å²) < 4.78 is 5.36. The summed E-state index contributed by atoms with van der Waals surface area (Å²) in [7, 11) is 0.371. The van der Waals surface area contributed by atoms with Gasteiger partial charge in [0.25, 0.3) is 5.91 Å². The van der Waals surface area contributed by atoms with Gasteiger partial charge in [-0.3, -0.25) is 4.79 Å². The molecule has 1 aromatic rings. The molecule has 4 heteroatoms. The number of methoxy groups -OCH3 is 1. The number of unbranched alkanes of at least 4 members (excludes halogenated alkanes) is 3. The lowest BCUT2D eigenvalue weighted by atomic mass is 10.1. The van der Waals surface area contributed by atoms with Crippen molar-refractivity contribution in [3.8, 4) is 5.75 Å². The van der Waals surface area contributed by atoms with Crippen LogP contribution in [-0.4, -0.2) is 37.2 Å². The number of ether oxygens (including phenoxy) is 1. The van der Waals surface area contributed by atoms with E-state index in [1.54, 1.807) is 7.11 Å². The number of anilines is 1. The van der Waals surface area contributed by atoms with E-state index in [2.05, 4.69) is 33.0 Å². The third-order valence-electron chi connectivity index (χ3n) is 6.06. The summed E-state index contributed by atoms with van der Waals surface area (Å²) >= 11 is 0. The molecule has 0 fully saturated rings. The molecule has 0 aliphatic rings. The van der Waals surface area contributed by atoms with Gasteiger partial charge in [0, 0.05) is 12.9 Å². The van der Waals surface area contributed by atoms with Crippen LogP contribution in [0.25, 0.3) is 0 Å². The summed E-state index contributed by atoms with van der Waals surface area (Å²) in [4.78, 5) is 13.4. The SMILES string of the molecule is CCCC[P+](CCCC)(CCCC)C(C)C(=O)Nc1c(C)cc(OC)cc1C. The second-order valence-electron chi connectivity index (χ2n) is 8.25. The van der Waals surface area contributed by atoms with E-state index in [9.17, 15) is 4.79 Å². The molecule has 3 nitrogen and oxygen atoms in total. The number of carbonyl (C=O) groups excluding carboxylic acids is 1. The Labute approximate surface area is 174 Å². The number of nitrogens with one attached hydrogen (secondary N) is 1. The highest BCUT2D eigenvalue weighted by Crippen LogP contribution is 2.64. The van der Waals surface area contributed by atoms with Crippen molar-refractivity contribution in [2.75, 3.05) is 30.9 Å². The molecular formula is C24H43NO2P+. The number of amides is 1. The summed E-state index contributed by atoms with van der Waals surface area (Å²) in [5.41, 5.74) is 3.21. The lowest BCUT2D eigenvalue weighted by Crippen LogP contribution is -2.32. The standard InChI is InChI=1S/C24H42NO2P/c1-8-11-14-28(15-12-9-2,16-13-10-3)21(6)24(26)25-23-19(4)17-22(27-7)18-20(23)5/h17-18,21H,8-16H2,1-7H3/p+1. The number of benzene rings is 1. The number of aryl methyl sites for hydroxylation is 2. The zero-order valence-corrected chi connectivity index (χ0v) is 20.3. The van der Waals surface area contributed by atoms with Gasteiger partial charge in [-0.15, -0.1) is 0 Å². The summed E-state index contributed by atoms with van der Waals surface area (Å²) in [5, 5.41) is 3.30. The topological polar surface area (TPSA) is 38.3 Å². The Morgan fingerprint density at radius 3 is 1.75 bits per heavy atom. The third-order valence-corrected chi connectivity index (χ3v) is 11.6. The smallest absolute Gasteiger partial charge is 0.264 e. The van der Waals surface area contributed by atoms with Gasteiger partial charge in [-0.05, 0) is 63.3 Å². The Morgan fingerprint density at radius 1 is 0.964 bits per heavy atom. The summed E-state index contributed by atoms with van der Waals surface area (Å²) in [6, 6.07) is 4.00. The van der Waals surface area contributed by atoms with E-state index in [4.69, 9.17) is 4.74 Å². The van der Waals surface area contributed by atoms with Gasteiger partial charge < -0.3 is 10.1 Å². The Bertz CT molecular complexity index is 570. The maximum Gasteiger partial charge on any atom is 0.264 e. The average molecular weight is 409 g/mol. The van der Waals surface area contributed by atoms with Crippen LogP contribution in [-0.2, 0) is 4.79 Å². The first-order valence-corrected chi connectivity index (χ1v) is 13.6. The maximum absolute atomic E-state index is 13.4. The van der Waals surface area contributed by atoms with Crippen molar-refractivity contribution in [2.24, 2.45) is 0 Å². The molecule has 0 aliphatic heterocycles. The van der Waals surface area contributed by atoms with Crippen LogP contribution in [0.1, 0.15) is 77.3 Å². The molecule has 1 aromatic carbocycles. The maximum atomic E-state index is 13.4. The molecule has 0 aliphatic carbocycles. The normalized spacial score (nSPS) is 12.7. The fourth-order valence-electron chi connectivity index (χ4n) is 4.05. The van der Waals surface area contributed by atoms with Crippen LogP contribution in [0.2, 0.25) is 0 Å². The van der Waals surface area contributed by atoms with Crippen LogP contribution >= 0.6 is 7.26 Å². The van der Waals surface area contributed by atoms with Crippen molar-refractivity contribution >= 4 is 18.9 Å². The first-order valence-electron chi connectivity index (χ1n) is 11.2. The van der Waals surface area contributed by atoms with Gasteiger partial charge in [-0.1, -0.05) is 40.0 Å². The third kappa shape index (κ3) is 6.76. The molecule has 1 unspecified atom stereocenters. The van der Waals surface area contributed by atoms with E-state index in [1.165, 1.54) is 57.0 Å². The molecule has 0 bridgehead atoms. The van der Waals surface area contributed by atoms with Gasteiger partial charge >= 0.3 is 0 Å². The number of carbonyl (C=O) groups is 1. The highest BCUT2D eigenvalue weighted by atomic mass is 31.2. The van der Waals surface area contributed by atoms with Gasteiger partial charge in [0.1, 0.15) is 11.4 Å². The quantitative estimate of drug-likeness (QED) is 0.355.